The molecule has 4 heteroatoms. The maximum absolute atomic E-state index is 12.1. The minimum absolute atomic E-state index is 0.0537. The Kier molecular flexibility index (Phi) is 4.35. The Balaban J connectivity index is 2.21. The largest absolute Gasteiger partial charge is 0.310 e. The molecule has 2 N–H and O–H groups in total. The van der Waals surface area contributed by atoms with Crippen LogP contribution in [0.1, 0.15) is 48.6 Å². The zero-order chi connectivity index (χ0) is 14.7. The summed E-state index contributed by atoms with van der Waals surface area (Å²) in [7, 11) is 0. The van der Waals surface area contributed by atoms with Gasteiger partial charge in [-0.25, -0.2) is 4.98 Å². The second-order valence-corrected chi connectivity index (χ2v) is 5.17. The number of nitrogens with zero attached hydrogens (tertiary/aromatic N) is 1. The molecule has 1 aromatic heterocycles. The van der Waals surface area contributed by atoms with Crippen molar-refractivity contribution in [2.24, 2.45) is 0 Å². The van der Waals surface area contributed by atoms with E-state index in [9.17, 15) is 4.79 Å². The van der Waals surface area contributed by atoms with Crippen molar-refractivity contribution in [2.75, 3.05) is 0 Å². The van der Waals surface area contributed by atoms with E-state index >= 15 is 0 Å². The van der Waals surface area contributed by atoms with Crippen LogP contribution in [0.4, 0.5) is 0 Å². The van der Waals surface area contributed by atoms with Crippen LogP contribution < -0.4 is 10.9 Å². The van der Waals surface area contributed by atoms with Crippen LogP contribution in [-0.2, 0) is 0 Å². The molecule has 0 spiro atoms. The van der Waals surface area contributed by atoms with Crippen molar-refractivity contribution in [3.8, 4) is 0 Å². The molecule has 0 saturated heterocycles. The van der Waals surface area contributed by atoms with Crippen molar-refractivity contribution in [1.82, 2.24) is 15.3 Å². The van der Waals surface area contributed by atoms with E-state index in [0.717, 1.165) is 5.69 Å². The maximum Gasteiger partial charge on any atom is 0.255 e. The number of hydrogen-bond acceptors (Lipinski definition) is 3. The number of aryl methyl sites for hydroxylation is 2. The van der Waals surface area contributed by atoms with Gasteiger partial charge in [-0.3, -0.25) is 4.79 Å². The van der Waals surface area contributed by atoms with Gasteiger partial charge < -0.3 is 10.3 Å². The van der Waals surface area contributed by atoms with E-state index in [1.54, 1.807) is 6.92 Å². The third kappa shape index (κ3) is 3.14. The molecule has 0 radical (unpaired) electrons. The molecule has 0 aliphatic rings. The van der Waals surface area contributed by atoms with E-state index in [2.05, 4.69) is 34.3 Å². The molecule has 4 nitrogen and oxygen atoms in total. The first kappa shape index (κ1) is 14.5. The summed E-state index contributed by atoms with van der Waals surface area (Å²) in [6.45, 7) is 7.76. The Hall–Kier alpha value is -1.94. The molecule has 1 unspecified atom stereocenters. The van der Waals surface area contributed by atoms with Crippen LogP contribution in [-0.4, -0.2) is 9.97 Å². The Bertz CT molecular complexity index is 634. The van der Waals surface area contributed by atoms with Crippen LogP contribution >= 0.6 is 0 Å². The summed E-state index contributed by atoms with van der Waals surface area (Å²) in [5, 5.41) is 3.45. The summed E-state index contributed by atoms with van der Waals surface area (Å²) in [5.41, 5.74) is 2.63. The second kappa shape index (κ2) is 6.01. The first-order valence-electron chi connectivity index (χ1n) is 6.87. The molecule has 20 heavy (non-hydrogen) atoms. The standard InChI is InChI=1S/C16H21N3O/c1-10(14-8-6-5-7-9-14)17-11(2)15-12(3)18-13(4)19-16(15)20/h5-11,17H,1-4H3,(H,18,19,20)/t10-,11?/m0/s1. The molecular formula is C16H21N3O. The summed E-state index contributed by atoms with van der Waals surface area (Å²) in [4.78, 5) is 19.2. The molecular weight excluding hydrogens is 250 g/mol. The number of aromatic nitrogens is 2. The van der Waals surface area contributed by atoms with Gasteiger partial charge in [-0.2, -0.15) is 0 Å². The zero-order valence-corrected chi connectivity index (χ0v) is 12.4. The Morgan fingerprint density at radius 1 is 1.10 bits per heavy atom. The first-order chi connectivity index (χ1) is 9.49. The highest BCUT2D eigenvalue weighted by atomic mass is 16.1. The molecule has 1 aromatic carbocycles. The molecule has 0 bridgehead atoms. The van der Waals surface area contributed by atoms with Crippen molar-refractivity contribution >= 4 is 0 Å². The SMILES string of the molecule is Cc1nc(C)c(C(C)N[C@@H](C)c2ccccc2)c(=O)[nH]1. The number of H-pyrrole nitrogens is 1. The molecule has 2 rings (SSSR count). The predicted octanol–water partition coefficient (Wildman–Crippen LogP) is 2.80. The van der Waals surface area contributed by atoms with Crippen molar-refractivity contribution in [3.63, 3.8) is 0 Å². The quantitative estimate of drug-likeness (QED) is 0.899. The highest BCUT2D eigenvalue weighted by molar-refractivity contribution is 5.22. The van der Waals surface area contributed by atoms with E-state index in [0.29, 0.717) is 11.4 Å². The van der Waals surface area contributed by atoms with Crippen LogP contribution in [0.3, 0.4) is 0 Å². The van der Waals surface area contributed by atoms with Gasteiger partial charge in [0.05, 0.1) is 5.56 Å². The van der Waals surface area contributed by atoms with E-state index in [4.69, 9.17) is 0 Å². The maximum atomic E-state index is 12.1. The Labute approximate surface area is 119 Å². The topological polar surface area (TPSA) is 57.8 Å². The van der Waals surface area contributed by atoms with E-state index in [1.165, 1.54) is 5.56 Å². The van der Waals surface area contributed by atoms with Crippen LogP contribution in [0.25, 0.3) is 0 Å². The summed E-state index contributed by atoms with van der Waals surface area (Å²) < 4.78 is 0. The molecule has 1 heterocycles. The van der Waals surface area contributed by atoms with Gasteiger partial charge in [0, 0.05) is 17.8 Å². The van der Waals surface area contributed by atoms with Gasteiger partial charge in [0.1, 0.15) is 5.82 Å². The van der Waals surface area contributed by atoms with Crippen LogP contribution in [0.5, 0.6) is 0 Å². The minimum atomic E-state index is -0.0599. The molecule has 0 aliphatic carbocycles. The van der Waals surface area contributed by atoms with Gasteiger partial charge in [-0.1, -0.05) is 30.3 Å². The van der Waals surface area contributed by atoms with Gasteiger partial charge in [0.15, 0.2) is 0 Å². The fourth-order valence-corrected chi connectivity index (χ4v) is 2.54. The third-order valence-corrected chi connectivity index (χ3v) is 3.50. The lowest BCUT2D eigenvalue weighted by molar-refractivity contribution is 0.487. The van der Waals surface area contributed by atoms with E-state index < -0.39 is 0 Å². The van der Waals surface area contributed by atoms with Gasteiger partial charge in [-0.15, -0.1) is 0 Å². The summed E-state index contributed by atoms with van der Waals surface area (Å²) in [5.74, 6) is 0.652. The van der Waals surface area contributed by atoms with Crippen molar-refractivity contribution in [2.45, 2.75) is 39.8 Å². The van der Waals surface area contributed by atoms with Gasteiger partial charge in [0.25, 0.3) is 5.56 Å². The minimum Gasteiger partial charge on any atom is -0.310 e. The highest BCUT2D eigenvalue weighted by Crippen LogP contribution is 2.18. The lowest BCUT2D eigenvalue weighted by Crippen LogP contribution is -2.29. The first-order valence-corrected chi connectivity index (χ1v) is 6.87. The van der Waals surface area contributed by atoms with Gasteiger partial charge in [-0.05, 0) is 33.3 Å². The van der Waals surface area contributed by atoms with Crippen LogP contribution in [0.2, 0.25) is 0 Å². The molecule has 0 amide bonds. The molecule has 0 aliphatic heterocycles. The normalized spacial score (nSPS) is 14.0. The number of hydrogen-bond donors (Lipinski definition) is 2. The summed E-state index contributed by atoms with van der Waals surface area (Å²) in [6.07, 6.45) is 0. The van der Waals surface area contributed by atoms with Gasteiger partial charge >= 0.3 is 0 Å². The van der Waals surface area contributed by atoms with Crippen LogP contribution in [0, 0.1) is 13.8 Å². The average molecular weight is 271 g/mol. The number of benzene rings is 1. The van der Waals surface area contributed by atoms with E-state index in [-0.39, 0.29) is 17.6 Å². The Morgan fingerprint density at radius 2 is 1.75 bits per heavy atom. The molecule has 106 valence electrons. The fraction of sp³-hybridized carbons (Fsp3) is 0.375. The summed E-state index contributed by atoms with van der Waals surface area (Å²) >= 11 is 0. The lowest BCUT2D eigenvalue weighted by atomic mass is 10.0. The highest BCUT2D eigenvalue weighted by Gasteiger charge is 2.17. The number of nitrogens with one attached hydrogen (secondary N) is 2. The van der Waals surface area contributed by atoms with Crippen molar-refractivity contribution in [3.05, 3.63) is 63.3 Å². The molecule has 0 saturated carbocycles. The van der Waals surface area contributed by atoms with Crippen molar-refractivity contribution < 1.29 is 0 Å². The number of rotatable bonds is 4. The lowest BCUT2D eigenvalue weighted by Gasteiger charge is -2.21. The smallest absolute Gasteiger partial charge is 0.255 e. The molecule has 2 aromatic rings. The second-order valence-electron chi connectivity index (χ2n) is 5.17. The molecule has 0 fully saturated rings. The van der Waals surface area contributed by atoms with E-state index in [1.807, 2.05) is 32.0 Å². The van der Waals surface area contributed by atoms with Crippen LogP contribution in [0.15, 0.2) is 35.1 Å². The number of aromatic amines is 1. The fourth-order valence-electron chi connectivity index (χ4n) is 2.54. The zero-order valence-electron chi connectivity index (χ0n) is 12.4. The monoisotopic (exact) mass is 271 g/mol. The summed E-state index contributed by atoms with van der Waals surface area (Å²) in [6, 6.07) is 10.3. The predicted molar refractivity (Wildman–Crippen MR) is 80.7 cm³/mol. The van der Waals surface area contributed by atoms with Crippen molar-refractivity contribution in [1.29, 1.82) is 0 Å². The average Bonchev–Trinajstić information content (AvgIpc) is 2.38. The Morgan fingerprint density at radius 3 is 2.35 bits per heavy atom. The molecule has 2 atom stereocenters. The van der Waals surface area contributed by atoms with Gasteiger partial charge in [0.2, 0.25) is 0 Å². The third-order valence-electron chi connectivity index (χ3n) is 3.50.